The Kier molecular flexibility index (Phi) is 0.722. The highest BCUT2D eigenvalue weighted by Crippen LogP contribution is 2.77. The van der Waals surface area contributed by atoms with Gasteiger partial charge in [0.15, 0.2) is 0 Å². The standard InChI is InChI=1S/C9H14O/c10-7-1-2-9(7)6-5-8(9)3-4-8/h7,10H,1-6H2/t7-,9+/m0/s1. The molecule has 0 bridgehead atoms. The van der Waals surface area contributed by atoms with Gasteiger partial charge in [0.05, 0.1) is 6.10 Å². The van der Waals surface area contributed by atoms with Crippen molar-refractivity contribution in [3.63, 3.8) is 0 Å². The van der Waals surface area contributed by atoms with E-state index in [4.69, 9.17) is 0 Å². The molecule has 0 amide bonds. The Morgan fingerprint density at radius 1 is 1.00 bits per heavy atom. The molecule has 0 radical (unpaired) electrons. The Morgan fingerprint density at radius 3 is 1.80 bits per heavy atom. The second kappa shape index (κ2) is 1.29. The van der Waals surface area contributed by atoms with Crippen LogP contribution in [0.1, 0.15) is 38.5 Å². The van der Waals surface area contributed by atoms with Crippen LogP contribution < -0.4 is 0 Å². The maximum absolute atomic E-state index is 9.59. The molecule has 0 aromatic carbocycles. The molecule has 3 rings (SSSR count). The molecule has 2 spiro atoms. The minimum Gasteiger partial charge on any atom is -0.393 e. The fourth-order valence-corrected chi connectivity index (χ4v) is 3.23. The molecule has 0 aromatic rings. The topological polar surface area (TPSA) is 20.2 Å². The van der Waals surface area contributed by atoms with Crippen LogP contribution in [0.25, 0.3) is 0 Å². The van der Waals surface area contributed by atoms with Gasteiger partial charge in [0.2, 0.25) is 0 Å². The van der Waals surface area contributed by atoms with Crippen molar-refractivity contribution in [2.24, 2.45) is 10.8 Å². The molecular weight excluding hydrogens is 124 g/mol. The average molecular weight is 138 g/mol. The van der Waals surface area contributed by atoms with Crippen LogP contribution in [0.15, 0.2) is 0 Å². The maximum Gasteiger partial charge on any atom is 0.0602 e. The molecule has 2 atom stereocenters. The zero-order valence-corrected chi connectivity index (χ0v) is 6.27. The van der Waals surface area contributed by atoms with Gasteiger partial charge < -0.3 is 5.11 Å². The molecule has 0 heterocycles. The van der Waals surface area contributed by atoms with E-state index in [0.717, 1.165) is 6.42 Å². The number of hydrogen-bond donors (Lipinski definition) is 1. The number of rotatable bonds is 0. The van der Waals surface area contributed by atoms with E-state index >= 15 is 0 Å². The first-order valence-corrected chi connectivity index (χ1v) is 4.47. The van der Waals surface area contributed by atoms with Crippen LogP contribution in [0.2, 0.25) is 0 Å². The predicted molar refractivity (Wildman–Crippen MR) is 38.6 cm³/mol. The van der Waals surface area contributed by atoms with Gasteiger partial charge in [0.1, 0.15) is 0 Å². The summed E-state index contributed by atoms with van der Waals surface area (Å²) >= 11 is 0. The van der Waals surface area contributed by atoms with E-state index in [0.29, 0.717) is 10.8 Å². The van der Waals surface area contributed by atoms with Crippen LogP contribution in [0.3, 0.4) is 0 Å². The molecule has 0 saturated heterocycles. The second-order valence-electron chi connectivity index (χ2n) is 4.49. The fourth-order valence-electron chi connectivity index (χ4n) is 3.23. The molecule has 56 valence electrons. The largest absolute Gasteiger partial charge is 0.393 e. The predicted octanol–water partition coefficient (Wildman–Crippen LogP) is 1.70. The lowest BCUT2D eigenvalue weighted by Crippen LogP contribution is -2.57. The molecule has 1 N–H and O–H groups in total. The van der Waals surface area contributed by atoms with E-state index in [1.807, 2.05) is 0 Å². The van der Waals surface area contributed by atoms with Crippen LogP contribution in [0.5, 0.6) is 0 Å². The maximum atomic E-state index is 9.59. The summed E-state index contributed by atoms with van der Waals surface area (Å²) in [6, 6.07) is 0. The quantitative estimate of drug-likeness (QED) is 0.540. The van der Waals surface area contributed by atoms with Gasteiger partial charge in [-0.3, -0.25) is 0 Å². The van der Waals surface area contributed by atoms with Crippen LogP contribution in [0, 0.1) is 10.8 Å². The van der Waals surface area contributed by atoms with Crippen molar-refractivity contribution in [3.05, 3.63) is 0 Å². The monoisotopic (exact) mass is 138 g/mol. The molecule has 1 nitrogen and oxygen atoms in total. The molecule has 0 aliphatic heterocycles. The molecule has 3 aliphatic rings. The van der Waals surface area contributed by atoms with Crippen LogP contribution in [0.4, 0.5) is 0 Å². The van der Waals surface area contributed by atoms with E-state index in [1.54, 1.807) is 0 Å². The lowest BCUT2D eigenvalue weighted by atomic mass is 9.46. The fraction of sp³-hybridized carbons (Fsp3) is 1.00. The van der Waals surface area contributed by atoms with Crippen molar-refractivity contribution in [2.75, 3.05) is 0 Å². The second-order valence-corrected chi connectivity index (χ2v) is 4.49. The van der Waals surface area contributed by atoms with Crippen molar-refractivity contribution in [1.29, 1.82) is 0 Å². The first-order chi connectivity index (χ1) is 4.79. The lowest BCUT2D eigenvalue weighted by molar-refractivity contribution is -0.175. The van der Waals surface area contributed by atoms with Crippen LogP contribution in [-0.4, -0.2) is 11.2 Å². The van der Waals surface area contributed by atoms with E-state index in [9.17, 15) is 5.11 Å². The summed E-state index contributed by atoms with van der Waals surface area (Å²) in [6.45, 7) is 0. The Hall–Kier alpha value is -0.0400. The van der Waals surface area contributed by atoms with Crippen molar-refractivity contribution >= 4 is 0 Å². The Labute approximate surface area is 61.4 Å². The van der Waals surface area contributed by atoms with Gasteiger partial charge in [-0.1, -0.05) is 0 Å². The molecular formula is C9H14O. The smallest absolute Gasteiger partial charge is 0.0602 e. The molecule has 3 saturated carbocycles. The minimum atomic E-state index is 0.0868. The SMILES string of the molecule is O[C@H]1CC[C@@]12CCC21CC1. The summed E-state index contributed by atoms with van der Waals surface area (Å²) in [7, 11) is 0. The van der Waals surface area contributed by atoms with E-state index in [-0.39, 0.29) is 6.10 Å². The van der Waals surface area contributed by atoms with Crippen molar-refractivity contribution in [1.82, 2.24) is 0 Å². The highest BCUT2D eigenvalue weighted by molar-refractivity contribution is 5.20. The van der Waals surface area contributed by atoms with Gasteiger partial charge in [-0.15, -0.1) is 0 Å². The van der Waals surface area contributed by atoms with Gasteiger partial charge in [-0.25, -0.2) is 0 Å². The third-order valence-corrected chi connectivity index (χ3v) is 4.46. The highest BCUT2D eigenvalue weighted by Gasteiger charge is 2.70. The number of fused-ring (bicyclic) bond motifs is 1. The molecule has 0 unspecified atom stereocenters. The summed E-state index contributed by atoms with van der Waals surface area (Å²) in [4.78, 5) is 0. The number of aliphatic hydroxyl groups is 1. The Bertz CT molecular complexity index is 179. The summed E-state index contributed by atoms with van der Waals surface area (Å²) in [6.07, 6.45) is 8.09. The zero-order chi connectivity index (χ0) is 6.82. The summed E-state index contributed by atoms with van der Waals surface area (Å²) in [5.74, 6) is 0. The Morgan fingerprint density at radius 2 is 1.70 bits per heavy atom. The first kappa shape index (κ1) is 5.59. The molecule has 3 aliphatic carbocycles. The number of aliphatic hydroxyl groups excluding tert-OH is 1. The van der Waals surface area contributed by atoms with Crippen LogP contribution >= 0.6 is 0 Å². The van der Waals surface area contributed by atoms with Crippen molar-refractivity contribution < 1.29 is 5.11 Å². The molecule has 0 aromatic heterocycles. The summed E-state index contributed by atoms with van der Waals surface area (Å²) in [5, 5.41) is 9.59. The van der Waals surface area contributed by atoms with Crippen molar-refractivity contribution in [2.45, 2.75) is 44.6 Å². The molecule has 10 heavy (non-hydrogen) atoms. The van der Waals surface area contributed by atoms with E-state index in [2.05, 4.69) is 0 Å². The normalized spacial score (nSPS) is 54.3. The first-order valence-electron chi connectivity index (χ1n) is 4.47. The van der Waals surface area contributed by atoms with Crippen molar-refractivity contribution in [3.8, 4) is 0 Å². The van der Waals surface area contributed by atoms with Gasteiger partial charge in [-0.2, -0.15) is 0 Å². The third-order valence-electron chi connectivity index (χ3n) is 4.46. The lowest BCUT2D eigenvalue weighted by Gasteiger charge is -2.60. The Balaban J connectivity index is 1.91. The summed E-state index contributed by atoms with van der Waals surface area (Å²) < 4.78 is 0. The average Bonchev–Trinajstić information content (AvgIpc) is 2.62. The molecule has 1 heteroatoms. The van der Waals surface area contributed by atoms with Crippen LogP contribution in [-0.2, 0) is 0 Å². The van der Waals surface area contributed by atoms with Gasteiger partial charge in [0, 0.05) is 5.41 Å². The van der Waals surface area contributed by atoms with E-state index in [1.165, 1.54) is 32.1 Å². The van der Waals surface area contributed by atoms with E-state index < -0.39 is 0 Å². The van der Waals surface area contributed by atoms with Gasteiger partial charge >= 0.3 is 0 Å². The zero-order valence-electron chi connectivity index (χ0n) is 6.27. The summed E-state index contributed by atoms with van der Waals surface area (Å²) in [5.41, 5.74) is 1.15. The highest BCUT2D eigenvalue weighted by atomic mass is 16.3. The minimum absolute atomic E-state index is 0.0868. The molecule has 3 fully saturated rings. The van der Waals surface area contributed by atoms with Gasteiger partial charge in [0.25, 0.3) is 0 Å². The van der Waals surface area contributed by atoms with Gasteiger partial charge in [-0.05, 0) is 43.9 Å². The third kappa shape index (κ3) is 0.355. The number of hydrogen-bond acceptors (Lipinski definition) is 1.